The Bertz CT molecular complexity index is 630. The Labute approximate surface area is 95.9 Å². The molecule has 0 fully saturated rings. The highest BCUT2D eigenvalue weighted by atomic mass is 19.4. The van der Waals surface area contributed by atoms with Crippen LogP contribution in [0.5, 0.6) is 0 Å². The summed E-state index contributed by atoms with van der Waals surface area (Å²) in [5.41, 5.74) is -0.0172. The van der Waals surface area contributed by atoms with Gasteiger partial charge in [0.1, 0.15) is 11.8 Å². The van der Waals surface area contributed by atoms with Crippen LogP contribution in [0.3, 0.4) is 0 Å². The Balaban J connectivity index is 3.01. The van der Waals surface area contributed by atoms with Crippen LogP contribution in [-0.2, 0) is 13.2 Å². The molecule has 2 nitrogen and oxygen atoms in total. The van der Waals surface area contributed by atoms with Gasteiger partial charge in [0.15, 0.2) is 0 Å². The SMILES string of the molecule is Cc1cccc2c(C#N)c(C(F)(F)F)n(C)c12. The minimum absolute atomic E-state index is 0.307. The molecule has 0 saturated carbocycles. The molecule has 1 heterocycles. The molecule has 0 N–H and O–H groups in total. The Kier molecular flexibility index (Phi) is 2.39. The molecule has 0 amide bonds. The number of hydrogen-bond acceptors (Lipinski definition) is 1. The van der Waals surface area contributed by atoms with Crippen molar-refractivity contribution in [1.82, 2.24) is 4.57 Å². The number of benzene rings is 1. The summed E-state index contributed by atoms with van der Waals surface area (Å²) in [6.45, 7) is 1.73. The second-order valence-corrected chi connectivity index (χ2v) is 3.86. The van der Waals surface area contributed by atoms with E-state index in [1.54, 1.807) is 25.1 Å². The molecule has 1 aromatic heterocycles. The average molecular weight is 238 g/mol. The van der Waals surface area contributed by atoms with E-state index in [1.165, 1.54) is 13.1 Å². The van der Waals surface area contributed by atoms with E-state index in [4.69, 9.17) is 5.26 Å². The standard InChI is InChI=1S/C12H9F3N2/c1-7-4-3-5-8-9(6-16)11(12(13,14)15)17(2)10(7)8/h3-5H,1-2H3. The number of nitriles is 1. The lowest BCUT2D eigenvalue weighted by Crippen LogP contribution is -2.12. The van der Waals surface area contributed by atoms with Gasteiger partial charge in [0, 0.05) is 12.4 Å². The number of halogens is 3. The number of rotatable bonds is 0. The van der Waals surface area contributed by atoms with E-state index < -0.39 is 11.9 Å². The Morgan fingerprint density at radius 1 is 1.29 bits per heavy atom. The largest absolute Gasteiger partial charge is 0.432 e. The highest BCUT2D eigenvalue weighted by Crippen LogP contribution is 2.37. The molecule has 0 saturated heterocycles. The molecule has 0 aliphatic carbocycles. The van der Waals surface area contributed by atoms with Crippen molar-refractivity contribution in [3.63, 3.8) is 0 Å². The highest BCUT2D eigenvalue weighted by Gasteiger charge is 2.38. The van der Waals surface area contributed by atoms with Crippen LogP contribution in [0.2, 0.25) is 0 Å². The van der Waals surface area contributed by atoms with Crippen LogP contribution in [0, 0.1) is 18.3 Å². The molecule has 17 heavy (non-hydrogen) atoms. The summed E-state index contributed by atoms with van der Waals surface area (Å²) in [6.07, 6.45) is -4.52. The maximum atomic E-state index is 12.9. The van der Waals surface area contributed by atoms with Gasteiger partial charge in [0.25, 0.3) is 0 Å². The van der Waals surface area contributed by atoms with E-state index in [-0.39, 0.29) is 5.56 Å². The molecule has 0 aliphatic heterocycles. The monoisotopic (exact) mass is 238 g/mol. The van der Waals surface area contributed by atoms with Crippen molar-refractivity contribution < 1.29 is 13.2 Å². The Morgan fingerprint density at radius 2 is 1.94 bits per heavy atom. The van der Waals surface area contributed by atoms with E-state index >= 15 is 0 Å². The Hall–Kier alpha value is -1.96. The zero-order valence-electron chi connectivity index (χ0n) is 9.26. The van der Waals surface area contributed by atoms with Gasteiger partial charge in [-0.1, -0.05) is 18.2 Å². The molecule has 5 heteroatoms. The zero-order valence-corrected chi connectivity index (χ0v) is 9.26. The fraction of sp³-hybridized carbons (Fsp3) is 0.250. The number of nitrogens with zero attached hydrogens (tertiary/aromatic N) is 2. The maximum absolute atomic E-state index is 12.9. The molecular formula is C12H9F3N2. The van der Waals surface area contributed by atoms with E-state index in [0.29, 0.717) is 10.9 Å². The van der Waals surface area contributed by atoms with Crippen LogP contribution < -0.4 is 0 Å². The molecule has 0 unspecified atom stereocenters. The van der Waals surface area contributed by atoms with Crippen LogP contribution >= 0.6 is 0 Å². The minimum Gasteiger partial charge on any atom is -0.339 e. The molecule has 2 aromatic rings. The van der Waals surface area contributed by atoms with Gasteiger partial charge < -0.3 is 4.57 Å². The van der Waals surface area contributed by atoms with Crippen LogP contribution in [0.15, 0.2) is 18.2 Å². The number of para-hydroxylation sites is 1. The third-order valence-corrected chi connectivity index (χ3v) is 2.80. The molecule has 0 aliphatic rings. The van der Waals surface area contributed by atoms with E-state index in [9.17, 15) is 13.2 Å². The summed E-state index contributed by atoms with van der Waals surface area (Å²) < 4.78 is 39.7. The number of aryl methyl sites for hydroxylation is 2. The number of aromatic nitrogens is 1. The first-order chi connectivity index (χ1) is 7.88. The van der Waals surface area contributed by atoms with Crippen molar-refractivity contribution in [3.8, 4) is 6.07 Å². The fourth-order valence-electron chi connectivity index (χ4n) is 2.16. The van der Waals surface area contributed by atoms with Crippen LogP contribution in [-0.4, -0.2) is 4.57 Å². The van der Waals surface area contributed by atoms with Gasteiger partial charge in [-0.05, 0) is 12.5 Å². The van der Waals surface area contributed by atoms with E-state index in [1.807, 2.05) is 0 Å². The quantitative estimate of drug-likeness (QED) is 0.691. The normalized spacial score (nSPS) is 11.8. The second-order valence-electron chi connectivity index (χ2n) is 3.86. The topological polar surface area (TPSA) is 28.7 Å². The maximum Gasteiger partial charge on any atom is 0.432 e. The van der Waals surface area contributed by atoms with Gasteiger partial charge in [-0.25, -0.2) is 0 Å². The number of fused-ring (bicyclic) bond motifs is 1. The van der Waals surface area contributed by atoms with E-state index in [2.05, 4.69) is 0 Å². The van der Waals surface area contributed by atoms with Crippen molar-refractivity contribution in [3.05, 3.63) is 35.0 Å². The van der Waals surface area contributed by atoms with Crippen LogP contribution in [0.4, 0.5) is 13.2 Å². The molecule has 0 bridgehead atoms. The summed E-state index contributed by atoms with van der Waals surface area (Å²) >= 11 is 0. The van der Waals surface area contributed by atoms with Crippen molar-refractivity contribution in [2.24, 2.45) is 7.05 Å². The van der Waals surface area contributed by atoms with Crippen molar-refractivity contribution >= 4 is 10.9 Å². The predicted molar refractivity (Wildman–Crippen MR) is 57.4 cm³/mol. The predicted octanol–water partition coefficient (Wildman–Crippen LogP) is 3.38. The first-order valence-electron chi connectivity index (χ1n) is 4.93. The number of alkyl halides is 3. The smallest absolute Gasteiger partial charge is 0.339 e. The first kappa shape index (κ1) is 11.5. The first-order valence-corrected chi connectivity index (χ1v) is 4.93. The molecule has 88 valence electrons. The van der Waals surface area contributed by atoms with Crippen LogP contribution in [0.25, 0.3) is 10.9 Å². The molecular weight excluding hydrogens is 229 g/mol. The van der Waals surface area contributed by atoms with Gasteiger partial charge >= 0.3 is 6.18 Å². The van der Waals surface area contributed by atoms with Gasteiger partial charge in [0.2, 0.25) is 0 Å². The fourth-order valence-corrected chi connectivity index (χ4v) is 2.16. The van der Waals surface area contributed by atoms with Gasteiger partial charge in [-0.15, -0.1) is 0 Å². The van der Waals surface area contributed by atoms with Crippen LogP contribution in [0.1, 0.15) is 16.8 Å². The number of hydrogen-bond donors (Lipinski definition) is 0. The third kappa shape index (κ3) is 1.57. The van der Waals surface area contributed by atoms with Crippen molar-refractivity contribution in [1.29, 1.82) is 5.26 Å². The molecule has 2 rings (SSSR count). The summed E-state index contributed by atoms with van der Waals surface area (Å²) in [6, 6.07) is 6.57. The zero-order chi connectivity index (χ0) is 12.8. The van der Waals surface area contributed by atoms with Crippen molar-refractivity contribution in [2.75, 3.05) is 0 Å². The Morgan fingerprint density at radius 3 is 2.47 bits per heavy atom. The third-order valence-electron chi connectivity index (χ3n) is 2.80. The minimum atomic E-state index is -4.52. The average Bonchev–Trinajstić information content (AvgIpc) is 2.52. The molecule has 0 atom stereocenters. The summed E-state index contributed by atoms with van der Waals surface area (Å²) in [5, 5.41) is 9.27. The van der Waals surface area contributed by atoms with Gasteiger partial charge in [-0.3, -0.25) is 0 Å². The highest BCUT2D eigenvalue weighted by molar-refractivity contribution is 5.90. The van der Waals surface area contributed by atoms with Gasteiger partial charge in [-0.2, -0.15) is 18.4 Å². The summed E-state index contributed by atoms with van der Waals surface area (Å²) in [5.74, 6) is 0. The lowest BCUT2D eigenvalue weighted by molar-refractivity contribution is -0.143. The van der Waals surface area contributed by atoms with Crippen molar-refractivity contribution in [2.45, 2.75) is 13.1 Å². The van der Waals surface area contributed by atoms with Gasteiger partial charge in [0.05, 0.1) is 11.1 Å². The molecule has 0 spiro atoms. The second kappa shape index (κ2) is 3.52. The lowest BCUT2D eigenvalue weighted by atomic mass is 10.1. The lowest BCUT2D eigenvalue weighted by Gasteiger charge is -2.09. The summed E-state index contributed by atoms with van der Waals surface area (Å²) in [4.78, 5) is 0. The summed E-state index contributed by atoms with van der Waals surface area (Å²) in [7, 11) is 1.33. The van der Waals surface area contributed by atoms with E-state index in [0.717, 1.165) is 10.1 Å². The molecule has 0 radical (unpaired) electrons. The molecule has 1 aromatic carbocycles.